The van der Waals surface area contributed by atoms with Gasteiger partial charge in [0, 0.05) is 87.6 Å². The smallest absolute Gasteiger partial charge is 0.234 e. The predicted octanol–water partition coefficient (Wildman–Crippen LogP) is 5.65. The number of H-pyrrole nitrogens is 1. The molecule has 2 aromatic carbocycles. The van der Waals surface area contributed by atoms with Gasteiger partial charge in [0.05, 0.1) is 29.7 Å². The fraction of sp³-hybridized carbons (Fsp3) is 0.410. The molecule has 6 heterocycles. The summed E-state index contributed by atoms with van der Waals surface area (Å²) in [6, 6.07) is 11.5. The fourth-order valence-electron chi connectivity index (χ4n) is 7.43. The Morgan fingerprint density at radius 2 is 1.74 bits per heavy atom. The molecule has 1 unspecified atom stereocenters. The number of piperidine rings is 2. The largest absolute Gasteiger partial charge is 0.369 e. The average Bonchev–Trinajstić information content (AvgIpc) is 3.87. The van der Waals surface area contributed by atoms with Crippen molar-refractivity contribution < 1.29 is 18.4 Å². The molecule has 3 N–H and O–H groups in total. The maximum absolute atomic E-state index is 14.2. The average molecular weight is 725 g/mol. The van der Waals surface area contributed by atoms with E-state index in [0.717, 1.165) is 49.5 Å². The number of carbonyl (C=O) groups excluding carboxylic acids is 2. The number of aromatic amines is 1. The number of amides is 2. The lowest BCUT2D eigenvalue weighted by Gasteiger charge is -2.39. The van der Waals surface area contributed by atoms with Crippen LogP contribution in [0, 0.1) is 18.6 Å². The highest BCUT2D eigenvalue weighted by molar-refractivity contribution is 6.01. The van der Waals surface area contributed by atoms with E-state index in [1.54, 1.807) is 36.1 Å². The number of likely N-dealkylation sites (tertiary alicyclic amines) is 1. The third kappa shape index (κ3) is 8.39. The Balaban J connectivity index is 0.000000167. The summed E-state index contributed by atoms with van der Waals surface area (Å²) >= 11 is 0. The van der Waals surface area contributed by atoms with Crippen LogP contribution in [0.25, 0.3) is 16.9 Å². The quantitative estimate of drug-likeness (QED) is 0.174. The number of halogens is 2. The Labute approximate surface area is 307 Å². The second-order valence-electron chi connectivity index (χ2n) is 14.1. The molecule has 0 saturated carbocycles. The first-order valence-corrected chi connectivity index (χ1v) is 18.4. The van der Waals surface area contributed by atoms with E-state index >= 15 is 0 Å². The molecule has 2 amide bonds. The summed E-state index contributed by atoms with van der Waals surface area (Å²) in [6.07, 6.45) is 13.2. The maximum atomic E-state index is 14.2. The standard InChI is InChI=1S/C23H34N4O2.C16H12F2N6/c1-18-4-2-3-11-26(18)15-12-25-13-16-27(17-14-25)20-7-5-19(6-8-20)21-9-10-22(28)24-23(21)29;1-9-4-11(13(18)5-12(9)17)14-8-20-15(16-19-2-3-24(14)16)23-10-6-21-22-7-10/h5-8,18,21H,2-4,9-17H2,1H3,(H,24,28,29);2-8H,1H3,(H,20,23)(H,21,22)/t18-,21?;/m0./s1. The lowest BCUT2D eigenvalue weighted by Crippen LogP contribution is -2.49. The summed E-state index contributed by atoms with van der Waals surface area (Å²) in [5.74, 6) is -1.24. The van der Waals surface area contributed by atoms with Gasteiger partial charge in [0.25, 0.3) is 0 Å². The van der Waals surface area contributed by atoms with Crippen LogP contribution in [-0.2, 0) is 9.59 Å². The van der Waals surface area contributed by atoms with E-state index in [9.17, 15) is 18.4 Å². The summed E-state index contributed by atoms with van der Waals surface area (Å²) in [6.45, 7) is 11.9. The zero-order valence-corrected chi connectivity index (χ0v) is 30.2. The Bertz CT molecular complexity index is 2030. The minimum Gasteiger partial charge on any atom is -0.369 e. The van der Waals surface area contributed by atoms with E-state index in [-0.39, 0.29) is 23.3 Å². The lowest BCUT2D eigenvalue weighted by molar-refractivity contribution is -0.134. The van der Waals surface area contributed by atoms with E-state index in [0.29, 0.717) is 35.6 Å². The van der Waals surface area contributed by atoms with Crippen molar-refractivity contribution in [2.24, 2.45) is 0 Å². The number of nitrogens with zero attached hydrogens (tertiary/aromatic N) is 7. The summed E-state index contributed by atoms with van der Waals surface area (Å²) in [4.78, 5) is 39.7. The van der Waals surface area contributed by atoms with Crippen LogP contribution in [0.5, 0.6) is 0 Å². The second-order valence-corrected chi connectivity index (χ2v) is 14.1. The van der Waals surface area contributed by atoms with Crippen molar-refractivity contribution in [3.8, 4) is 11.3 Å². The molecule has 14 heteroatoms. The molecule has 0 bridgehead atoms. The number of hydrogen-bond acceptors (Lipinski definition) is 9. The van der Waals surface area contributed by atoms with Crippen molar-refractivity contribution in [1.29, 1.82) is 0 Å². The fourth-order valence-corrected chi connectivity index (χ4v) is 7.43. The van der Waals surface area contributed by atoms with Crippen molar-refractivity contribution in [3.63, 3.8) is 0 Å². The van der Waals surface area contributed by atoms with Gasteiger partial charge in [-0.25, -0.2) is 18.7 Å². The zero-order valence-electron chi connectivity index (χ0n) is 30.2. The van der Waals surface area contributed by atoms with Gasteiger partial charge in [0.2, 0.25) is 11.8 Å². The Hall–Kier alpha value is -5.21. The Morgan fingerprint density at radius 3 is 2.47 bits per heavy atom. The first-order chi connectivity index (χ1) is 25.7. The molecule has 3 fully saturated rings. The van der Waals surface area contributed by atoms with Gasteiger partial charge in [-0.15, -0.1) is 0 Å². The number of nitrogens with one attached hydrogen (secondary N) is 3. The zero-order chi connectivity index (χ0) is 36.9. The third-order valence-corrected chi connectivity index (χ3v) is 10.6. The molecule has 8 rings (SSSR count). The number of anilines is 3. The highest BCUT2D eigenvalue weighted by atomic mass is 19.1. The van der Waals surface area contributed by atoms with Crippen molar-refractivity contribution in [3.05, 3.63) is 90.1 Å². The van der Waals surface area contributed by atoms with Gasteiger partial charge in [0.15, 0.2) is 11.5 Å². The van der Waals surface area contributed by atoms with Crippen LogP contribution in [0.15, 0.2) is 67.4 Å². The van der Waals surface area contributed by atoms with Crippen molar-refractivity contribution >= 4 is 34.7 Å². The van der Waals surface area contributed by atoms with Gasteiger partial charge < -0.3 is 10.2 Å². The molecule has 0 spiro atoms. The summed E-state index contributed by atoms with van der Waals surface area (Å²) in [7, 11) is 0. The maximum Gasteiger partial charge on any atom is 0.234 e. The number of aryl methyl sites for hydroxylation is 1. The van der Waals surface area contributed by atoms with Crippen molar-refractivity contribution in [2.75, 3.05) is 56.0 Å². The lowest BCUT2D eigenvalue weighted by atomic mass is 9.90. The van der Waals surface area contributed by atoms with Crippen LogP contribution in [0.2, 0.25) is 0 Å². The van der Waals surface area contributed by atoms with Gasteiger partial charge in [-0.1, -0.05) is 18.6 Å². The van der Waals surface area contributed by atoms with Gasteiger partial charge in [0.1, 0.15) is 11.6 Å². The van der Waals surface area contributed by atoms with E-state index in [1.807, 2.05) is 0 Å². The molecule has 2 atom stereocenters. The molecule has 3 aliphatic rings. The van der Waals surface area contributed by atoms with E-state index < -0.39 is 11.6 Å². The molecule has 278 valence electrons. The van der Waals surface area contributed by atoms with E-state index in [1.165, 1.54) is 56.8 Å². The van der Waals surface area contributed by atoms with Crippen LogP contribution in [0.1, 0.15) is 56.1 Å². The predicted molar refractivity (Wildman–Crippen MR) is 200 cm³/mol. The van der Waals surface area contributed by atoms with Crippen molar-refractivity contribution in [2.45, 2.75) is 57.9 Å². The normalized spacial score (nSPS) is 19.9. The van der Waals surface area contributed by atoms with E-state index in [2.05, 4.69) is 76.7 Å². The summed E-state index contributed by atoms with van der Waals surface area (Å²) in [5, 5.41) is 12.1. The molecule has 53 heavy (non-hydrogen) atoms. The number of hydrogen-bond donors (Lipinski definition) is 3. The van der Waals surface area contributed by atoms with Gasteiger partial charge in [-0.05, 0) is 69.0 Å². The molecule has 3 saturated heterocycles. The number of rotatable bonds is 8. The minimum atomic E-state index is -0.648. The molecular weight excluding hydrogens is 678 g/mol. The highest BCUT2D eigenvalue weighted by Crippen LogP contribution is 2.29. The molecule has 3 aromatic heterocycles. The summed E-state index contributed by atoms with van der Waals surface area (Å²) < 4.78 is 29.4. The van der Waals surface area contributed by atoms with E-state index in [4.69, 9.17) is 0 Å². The van der Waals surface area contributed by atoms with Gasteiger partial charge in [-0.3, -0.25) is 34.2 Å². The Kier molecular flexibility index (Phi) is 11.1. The SMILES string of the molecule is C[C@H]1CCCCN1CCN1CCN(c2ccc(C3CCC(=O)NC3=O)cc2)CC1.Cc1cc(-c2cnc(Nc3cn[nH]c3)c3nccn23)c(F)cc1F. The number of piperazine rings is 1. The molecule has 0 radical (unpaired) electrons. The molecule has 12 nitrogen and oxygen atoms in total. The number of imidazole rings is 1. The van der Waals surface area contributed by atoms with Crippen LogP contribution in [0.4, 0.5) is 26.0 Å². The summed E-state index contributed by atoms with van der Waals surface area (Å²) in [5.41, 5.74) is 4.60. The van der Waals surface area contributed by atoms with Crippen LogP contribution in [-0.4, -0.2) is 98.0 Å². The third-order valence-electron chi connectivity index (χ3n) is 10.6. The van der Waals surface area contributed by atoms with Crippen LogP contribution < -0.4 is 15.5 Å². The highest BCUT2D eigenvalue weighted by Gasteiger charge is 2.28. The molecule has 3 aliphatic heterocycles. The van der Waals surface area contributed by atoms with Crippen molar-refractivity contribution in [1.82, 2.24) is 39.7 Å². The number of imide groups is 1. The Morgan fingerprint density at radius 1 is 0.925 bits per heavy atom. The number of aromatic nitrogens is 5. The molecule has 5 aromatic rings. The van der Waals surface area contributed by atoms with Gasteiger partial charge >= 0.3 is 0 Å². The van der Waals surface area contributed by atoms with Gasteiger partial charge in [-0.2, -0.15) is 5.10 Å². The van der Waals surface area contributed by atoms with Crippen LogP contribution in [0.3, 0.4) is 0 Å². The topological polar surface area (TPSA) is 127 Å². The molecular formula is C39H46F2N10O2. The first kappa shape index (κ1) is 36.2. The minimum absolute atomic E-state index is 0.157. The number of benzene rings is 2. The molecule has 0 aliphatic carbocycles. The van der Waals surface area contributed by atoms with Crippen LogP contribution >= 0.6 is 0 Å². The number of carbonyl (C=O) groups is 2. The monoisotopic (exact) mass is 724 g/mol. The number of fused-ring (bicyclic) bond motifs is 1. The second kappa shape index (κ2) is 16.2. The first-order valence-electron chi connectivity index (χ1n) is 18.4.